The van der Waals surface area contributed by atoms with Gasteiger partial charge in [0, 0.05) is 11.1 Å². The molecule has 0 unspecified atom stereocenters. The van der Waals surface area contributed by atoms with Crippen LogP contribution in [0.4, 0.5) is 10.2 Å². The van der Waals surface area contributed by atoms with E-state index in [-0.39, 0.29) is 22.6 Å². The molecule has 236 valence electrons. The molecule has 3 heterocycles. The zero-order chi connectivity index (χ0) is 32.0. The number of halogens is 1. The number of hydrogen-bond acceptors (Lipinski definition) is 8. The maximum atomic E-state index is 16.8. The number of benzene rings is 1. The third-order valence-corrected chi connectivity index (χ3v) is 19.3. The lowest BCUT2D eigenvalue weighted by Crippen LogP contribution is -2.58. The second-order valence-electron chi connectivity index (χ2n) is 14.5. The van der Waals surface area contributed by atoms with Crippen LogP contribution in [0.25, 0.3) is 10.2 Å². The van der Waals surface area contributed by atoms with Crippen molar-refractivity contribution in [1.29, 1.82) is 0 Å². The van der Waals surface area contributed by atoms with Gasteiger partial charge in [0.1, 0.15) is 24.1 Å². The van der Waals surface area contributed by atoms with Gasteiger partial charge in [-0.15, -0.1) is 11.3 Å². The Morgan fingerprint density at radius 1 is 1.07 bits per heavy atom. The number of rotatable bonds is 9. The molecular weight excluding hydrogens is 602 g/mol. The molecule has 12 heteroatoms. The average molecular weight is 648 g/mol. The van der Waals surface area contributed by atoms with Gasteiger partial charge in [0.25, 0.3) is 5.91 Å². The number of hydrogen-bond donors (Lipinski definition) is 2. The number of aliphatic hydroxyl groups is 1. The summed E-state index contributed by atoms with van der Waals surface area (Å²) >= 11 is 1.31. The van der Waals surface area contributed by atoms with E-state index < -0.39 is 47.2 Å². The van der Waals surface area contributed by atoms with Crippen LogP contribution < -0.4 is 5.32 Å². The summed E-state index contributed by atoms with van der Waals surface area (Å²) in [7, 11) is -4.78. The Hall–Kier alpha value is -2.07. The van der Waals surface area contributed by atoms with Gasteiger partial charge in [-0.3, -0.25) is 4.79 Å². The third-order valence-electron chi connectivity index (χ3n) is 9.39. The maximum absolute atomic E-state index is 16.8. The lowest BCUT2D eigenvalue weighted by Gasteiger charge is -2.44. The molecule has 1 aliphatic heterocycles. The van der Waals surface area contributed by atoms with Crippen LogP contribution in [0, 0.1) is 0 Å². The number of thiophene rings is 1. The first kappa shape index (κ1) is 33.8. The molecule has 2 N–H and O–H groups in total. The van der Waals surface area contributed by atoms with Gasteiger partial charge >= 0.3 is 0 Å². The van der Waals surface area contributed by atoms with Crippen molar-refractivity contribution in [3.05, 3.63) is 53.2 Å². The molecule has 1 saturated heterocycles. The topological polar surface area (TPSA) is 103 Å². The van der Waals surface area contributed by atoms with Crippen molar-refractivity contribution >= 4 is 49.9 Å². The Balaban J connectivity index is 1.73. The standard InChI is InChI=1S/C31H46FN3O5SSi2/c1-29(2,3)42(7,8)38-18-31(17-36)26(40-43(9,10)30(4,5)6)22(32)24(39-31)21-16-41-25-23(21)33-19-34-27(25)35-28(37)20-14-12-11-13-15-20/h11-16,19,22,24,26,36H,17-18H2,1-10H3,(H,33,34,35,37)/t22-,24-,26-,31+/m0/s1. The highest BCUT2D eigenvalue weighted by molar-refractivity contribution is 7.18. The first-order valence-corrected chi connectivity index (χ1v) is 21.4. The molecule has 8 nitrogen and oxygen atoms in total. The Bertz CT molecular complexity index is 1440. The van der Waals surface area contributed by atoms with E-state index in [9.17, 15) is 9.90 Å². The monoisotopic (exact) mass is 647 g/mol. The summed E-state index contributed by atoms with van der Waals surface area (Å²) in [5, 5.41) is 15.3. The summed E-state index contributed by atoms with van der Waals surface area (Å²) in [4.78, 5) is 21.7. The Morgan fingerprint density at radius 3 is 2.28 bits per heavy atom. The van der Waals surface area contributed by atoms with E-state index in [0.717, 1.165) is 0 Å². The minimum absolute atomic E-state index is 0.00559. The van der Waals surface area contributed by atoms with Crippen LogP contribution in [0.1, 0.15) is 63.6 Å². The van der Waals surface area contributed by atoms with Crippen molar-refractivity contribution in [2.75, 3.05) is 18.5 Å². The number of carbonyl (C=O) groups is 1. The number of anilines is 1. The highest BCUT2D eigenvalue weighted by Gasteiger charge is 2.60. The number of nitrogens with one attached hydrogen (secondary N) is 1. The van der Waals surface area contributed by atoms with Crippen LogP contribution in [-0.4, -0.2) is 68.7 Å². The average Bonchev–Trinajstić information content (AvgIpc) is 3.47. The normalized spacial score (nSPS) is 23.6. The van der Waals surface area contributed by atoms with Crippen molar-refractivity contribution in [3.63, 3.8) is 0 Å². The molecule has 3 aromatic rings. The summed E-state index contributed by atoms with van der Waals surface area (Å²) in [6.45, 7) is 20.6. The summed E-state index contributed by atoms with van der Waals surface area (Å²) in [5.41, 5.74) is 0.0904. The number of aliphatic hydroxyl groups excluding tert-OH is 1. The van der Waals surface area contributed by atoms with Crippen LogP contribution in [0.3, 0.4) is 0 Å². The number of aromatic nitrogens is 2. The number of alkyl halides is 1. The first-order chi connectivity index (χ1) is 19.8. The Kier molecular flexibility index (Phi) is 9.46. The second kappa shape index (κ2) is 12.0. The van der Waals surface area contributed by atoms with Crippen LogP contribution in [-0.2, 0) is 13.6 Å². The van der Waals surface area contributed by atoms with Crippen molar-refractivity contribution in [2.45, 2.75) is 102 Å². The van der Waals surface area contributed by atoms with Crippen molar-refractivity contribution < 1.29 is 27.9 Å². The van der Waals surface area contributed by atoms with Gasteiger partial charge in [0.05, 0.1) is 23.4 Å². The zero-order valence-electron chi connectivity index (χ0n) is 26.9. The van der Waals surface area contributed by atoms with Crippen molar-refractivity contribution in [2.24, 2.45) is 0 Å². The maximum Gasteiger partial charge on any atom is 0.256 e. The van der Waals surface area contributed by atoms with Gasteiger partial charge < -0.3 is 24.0 Å². The summed E-state index contributed by atoms with van der Waals surface area (Å²) in [6, 6.07) is 8.85. The molecule has 43 heavy (non-hydrogen) atoms. The van der Waals surface area contributed by atoms with Gasteiger partial charge in [-0.25, -0.2) is 14.4 Å². The Labute approximate surface area is 260 Å². The van der Waals surface area contributed by atoms with Gasteiger partial charge in [-0.05, 0) is 53.8 Å². The van der Waals surface area contributed by atoms with Gasteiger partial charge in [0.15, 0.2) is 28.6 Å². The number of amides is 1. The number of carbonyl (C=O) groups excluding carboxylic acids is 1. The SMILES string of the molecule is CC(C)(C)[Si](C)(C)OC[C@@]1(CO)O[C@@H](c2csc3c(NC(=O)c4ccccc4)ncnc23)[C@H](F)[C@@H]1O[Si](C)(C)C(C)(C)C. The molecule has 0 spiro atoms. The fourth-order valence-electron chi connectivity index (χ4n) is 4.47. The van der Waals surface area contributed by atoms with E-state index in [1.807, 2.05) is 6.07 Å². The summed E-state index contributed by atoms with van der Waals surface area (Å²) in [5.74, 6) is 0.0354. The summed E-state index contributed by atoms with van der Waals surface area (Å²) in [6.07, 6.45) is -2.36. The largest absolute Gasteiger partial charge is 0.414 e. The zero-order valence-corrected chi connectivity index (χ0v) is 29.8. The number of ether oxygens (including phenoxy) is 1. The molecule has 0 aliphatic carbocycles. The smallest absolute Gasteiger partial charge is 0.256 e. The van der Waals surface area contributed by atoms with Crippen LogP contribution in [0.5, 0.6) is 0 Å². The van der Waals surface area contributed by atoms with Crippen molar-refractivity contribution in [3.8, 4) is 0 Å². The second-order valence-corrected chi connectivity index (χ2v) is 24.9. The van der Waals surface area contributed by atoms with E-state index in [0.29, 0.717) is 27.2 Å². The third kappa shape index (κ3) is 6.65. The molecule has 4 atom stereocenters. The number of nitrogens with zero attached hydrogens (tertiary/aromatic N) is 2. The van der Waals surface area contributed by atoms with Gasteiger partial charge in [-0.1, -0.05) is 59.7 Å². The highest BCUT2D eigenvalue weighted by Crippen LogP contribution is 2.50. The summed E-state index contributed by atoms with van der Waals surface area (Å²) < 4.78 is 37.3. The molecule has 0 bridgehead atoms. The molecule has 1 aromatic carbocycles. The molecular formula is C31H46FN3O5SSi2. The van der Waals surface area contributed by atoms with E-state index in [1.54, 1.807) is 29.6 Å². The molecule has 0 saturated carbocycles. The predicted molar refractivity (Wildman–Crippen MR) is 176 cm³/mol. The van der Waals surface area contributed by atoms with E-state index in [2.05, 4.69) is 83.0 Å². The minimum Gasteiger partial charge on any atom is -0.414 e. The molecule has 0 radical (unpaired) electrons. The van der Waals surface area contributed by atoms with Gasteiger partial charge in [-0.2, -0.15) is 0 Å². The van der Waals surface area contributed by atoms with Crippen LogP contribution >= 0.6 is 11.3 Å². The Morgan fingerprint density at radius 2 is 1.70 bits per heavy atom. The van der Waals surface area contributed by atoms with Crippen molar-refractivity contribution in [1.82, 2.24) is 9.97 Å². The van der Waals surface area contributed by atoms with Crippen LogP contribution in [0.15, 0.2) is 42.0 Å². The van der Waals surface area contributed by atoms with Crippen LogP contribution in [0.2, 0.25) is 36.3 Å². The van der Waals surface area contributed by atoms with E-state index in [4.69, 9.17) is 13.6 Å². The molecule has 1 fully saturated rings. The quantitative estimate of drug-likeness (QED) is 0.232. The predicted octanol–water partition coefficient (Wildman–Crippen LogP) is 7.50. The molecule has 1 aliphatic rings. The molecule has 1 amide bonds. The fourth-order valence-corrected chi connectivity index (χ4v) is 7.83. The van der Waals surface area contributed by atoms with E-state index in [1.165, 1.54) is 17.7 Å². The highest BCUT2D eigenvalue weighted by atomic mass is 32.1. The fraction of sp³-hybridized carbons (Fsp3) is 0.581. The molecule has 4 rings (SSSR count). The molecule has 2 aromatic heterocycles. The van der Waals surface area contributed by atoms with Gasteiger partial charge in [0.2, 0.25) is 0 Å². The minimum atomic E-state index is -2.50. The van der Waals surface area contributed by atoms with E-state index >= 15 is 4.39 Å². The lowest BCUT2D eigenvalue weighted by atomic mass is 9.96. The number of fused-ring (bicyclic) bond motifs is 1. The lowest BCUT2D eigenvalue weighted by molar-refractivity contribution is -0.130. The first-order valence-electron chi connectivity index (χ1n) is 14.7.